The average Bonchev–Trinajstić information content (AvgIpc) is 2.74. The van der Waals surface area contributed by atoms with Gasteiger partial charge in [-0.1, -0.05) is 45.4 Å². The summed E-state index contributed by atoms with van der Waals surface area (Å²) in [6.07, 6.45) is 7.45. The van der Waals surface area contributed by atoms with Gasteiger partial charge in [0.2, 0.25) is 6.41 Å². The predicted octanol–water partition coefficient (Wildman–Crippen LogP) is 8.16. The molecule has 31 heavy (non-hydrogen) atoms. The lowest BCUT2D eigenvalue weighted by molar-refractivity contribution is -0.105. The van der Waals surface area contributed by atoms with Crippen molar-refractivity contribution in [1.29, 1.82) is 0 Å². The van der Waals surface area contributed by atoms with E-state index in [1.165, 1.54) is 49.6 Å². The molecule has 0 aliphatic heterocycles. The monoisotopic (exact) mass is 458 g/mol. The van der Waals surface area contributed by atoms with E-state index in [0.717, 1.165) is 39.0 Å². The molecule has 0 heterocycles. The highest BCUT2D eigenvalue weighted by Gasteiger charge is 2.41. The Morgan fingerprint density at radius 3 is 2.26 bits per heavy atom. The molecule has 2 aromatic rings. The molecular formula is C26H35ClN2OS. The van der Waals surface area contributed by atoms with E-state index in [2.05, 4.69) is 42.1 Å². The first kappa shape index (κ1) is 24.0. The highest BCUT2D eigenvalue weighted by Crippen LogP contribution is 2.51. The Kier molecular flexibility index (Phi) is 8.35. The minimum absolute atomic E-state index is 0.241. The van der Waals surface area contributed by atoms with Crippen molar-refractivity contribution in [3.05, 3.63) is 53.1 Å². The van der Waals surface area contributed by atoms with Crippen molar-refractivity contribution in [2.45, 2.75) is 70.1 Å². The third-order valence-corrected chi connectivity index (χ3v) is 7.78. The highest BCUT2D eigenvalue weighted by molar-refractivity contribution is 8.00. The topological polar surface area (TPSA) is 41.1 Å². The maximum absolute atomic E-state index is 10.5. The molecule has 1 amide bonds. The van der Waals surface area contributed by atoms with E-state index in [1.54, 1.807) is 0 Å². The summed E-state index contributed by atoms with van der Waals surface area (Å²) in [4.78, 5) is 11.6. The molecule has 2 saturated carbocycles. The number of carbonyl (C=O) groups excluding carboxylic acids is 1. The minimum atomic E-state index is 0.241. The summed E-state index contributed by atoms with van der Waals surface area (Å²) in [5, 5.41) is 3.42. The van der Waals surface area contributed by atoms with Crippen molar-refractivity contribution in [3.63, 3.8) is 0 Å². The zero-order valence-corrected chi connectivity index (χ0v) is 20.7. The minimum Gasteiger partial charge on any atom is -0.329 e. The first-order valence-corrected chi connectivity index (χ1v) is 12.7. The van der Waals surface area contributed by atoms with Crippen LogP contribution in [0.2, 0.25) is 5.02 Å². The summed E-state index contributed by atoms with van der Waals surface area (Å²) >= 11 is 8.18. The highest BCUT2D eigenvalue weighted by atomic mass is 35.5. The van der Waals surface area contributed by atoms with E-state index in [9.17, 15) is 4.79 Å². The van der Waals surface area contributed by atoms with Crippen LogP contribution in [0.4, 0.5) is 11.4 Å². The zero-order chi connectivity index (χ0) is 22.4. The van der Waals surface area contributed by atoms with Gasteiger partial charge < -0.3 is 10.0 Å². The molecule has 5 heteroatoms. The van der Waals surface area contributed by atoms with E-state index >= 15 is 0 Å². The Bertz CT molecular complexity index is 852. The van der Waals surface area contributed by atoms with Gasteiger partial charge in [0.1, 0.15) is 0 Å². The fourth-order valence-corrected chi connectivity index (χ4v) is 6.56. The first-order valence-electron chi connectivity index (χ1n) is 11.5. The summed E-state index contributed by atoms with van der Waals surface area (Å²) in [6.45, 7) is 8.85. The standard InChI is InChI=1S/C24H29ClN2OS.C2H6/c1-16-9-17-11-18(10-16)14-24(2,13-17)19-3-8-23(22(25)12-19)27-29-21-6-4-20(5-7-21)26-15-28;1-2/h3-8,12,15-18,27H,9-11,13-14H2,1-2H3,(H,26,28);1-2H3. The molecule has 2 fully saturated rings. The van der Waals surface area contributed by atoms with Gasteiger partial charge in [-0.3, -0.25) is 4.79 Å². The molecule has 0 radical (unpaired) electrons. The lowest BCUT2D eigenvalue weighted by atomic mass is 9.57. The lowest BCUT2D eigenvalue weighted by Crippen LogP contribution is -2.38. The maximum atomic E-state index is 10.5. The van der Waals surface area contributed by atoms with Crippen LogP contribution in [-0.2, 0) is 10.2 Å². The first-order chi connectivity index (χ1) is 14.9. The molecule has 2 unspecified atom stereocenters. The number of amides is 1. The van der Waals surface area contributed by atoms with Gasteiger partial charge in [-0.15, -0.1) is 0 Å². The Morgan fingerprint density at radius 1 is 1.03 bits per heavy atom. The Morgan fingerprint density at radius 2 is 1.68 bits per heavy atom. The second-order valence-electron chi connectivity index (χ2n) is 9.20. The largest absolute Gasteiger partial charge is 0.329 e. The second-order valence-corrected chi connectivity index (χ2v) is 10.5. The fraction of sp³-hybridized carbons (Fsp3) is 0.500. The number of hydrogen-bond acceptors (Lipinski definition) is 3. The maximum Gasteiger partial charge on any atom is 0.211 e. The number of halogens is 1. The SMILES string of the molecule is CC.CC1CC2CC(C1)CC(C)(c1ccc(NSc3ccc(NC=O)cc3)c(Cl)c1)C2. The molecule has 2 atom stereocenters. The molecule has 4 rings (SSSR count). The second kappa shape index (κ2) is 10.8. The zero-order valence-electron chi connectivity index (χ0n) is 19.1. The van der Waals surface area contributed by atoms with Crippen molar-refractivity contribution < 1.29 is 4.79 Å². The molecule has 2 aromatic carbocycles. The van der Waals surface area contributed by atoms with E-state index in [0.29, 0.717) is 6.41 Å². The summed E-state index contributed by atoms with van der Waals surface area (Å²) in [5.74, 6) is 2.62. The van der Waals surface area contributed by atoms with Crippen LogP contribution in [-0.4, -0.2) is 6.41 Å². The van der Waals surface area contributed by atoms with Crippen molar-refractivity contribution in [2.75, 3.05) is 10.0 Å². The van der Waals surface area contributed by atoms with Crippen LogP contribution in [0.15, 0.2) is 47.4 Å². The van der Waals surface area contributed by atoms with Crippen LogP contribution in [0.3, 0.4) is 0 Å². The third kappa shape index (κ3) is 5.98. The number of benzene rings is 2. The van der Waals surface area contributed by atoms with Crippen molar-refractivity contribution in [3.8, 4) is 0 Å². The van der Waals surface area contributed by atoms with Crippen molar-refractivity contribution in [2.24, 2.45) is 17.8 Å². The Balaban J connectivity index is 0.00000132. The van der Waals surface area contributed by atoms with Crippen LogP contribution in [0, 0.1) is 17.8 Å². The van der Waals surface area contributed by atoms with Crippen molar-refractivity contribution in [1.82, 2.24) is 0 Å². The van der Waals surface area contributed by atoms with Gasteiger partial charge in [-0.05, 0) is 109 Å². The van der Waals surface area contributed by atoms with Gasteiger partial charge in [0.05, 0.1) is 10.7 Å². The van der Waals surface area contributed by atoms with E-state index in [-0.39, 0.29) is 5.41 Å². The summed E-state index contributed by atoms with van der Waals surface area (Å²) < 4.78 is 3.36. The van der Waals surface area contributed by atoms with E-state index in [1.807, 2.05) is 38.1 Å². The summed E-state index contributed by atoms with van der Waals surface area (Å²) in [5.41, 5.74) is 3.34. The van der Waals surface area contributed by atoms with Gasteiger partial charge in [-0.25, -0.2) is 0 Å². The summed E-state index contributed by atoms with van der Waals surface area (Å²) in [6, 6.07) is 14.2. The number of carbonyl (C=O) groups is 1. The molecule has 3 nitrogen and oxygen atoms in total. The van der Waals surface area contributed by atoms with E-state index in [4.69, 9.17) is 11.6 Å². The summed E-state index contributed by atoms with van der Waals surface area (Å²) in [7, 11) is 0. The normalized spacial score (nSPS) is 26.9. The molecule has 2 aliphatic carbocycles. The van der Waals surface area contributed by atoms with Crippen LogP contribution < -0.4 is 10.0 Å². The lowest BCUT2D eigenvalue weighted by Gasteiger charge is -2.47. The van der Waals surface area contributed by atoms with Crippen LogP contribution >= 0.6 is 23.5 Å². The molecule has 0 saturated heterocycles. The number of fused-ring (bicyclic) bond motifs is 2. The third-order valence-electron chi connectivity index (χ3n) is 6.64. The Hall–Kier alpha value is -1.65. The van der Waals surface area contributed by atoms with Crippen LogP contribution in [0.1, 0.15) is 65.4 Å². The number of anilines is 2. The number of rotatable bonds is 6. The average molecular weight is 459 g/mol. The van der Waals surface area contributed by atoms with Gasteiger partial charge in [0.15, 0.2) is 0 Å². The van der Waals surface area contributed by atoms with Crippen LogP contribution in [0.5, 0.6) is 0 Å². The quantitative estimate of drug-likeness (QED) is 0.338. The van der Waals surface area contributed by atoms with Gasteiger partial charge in [0.25, 0.3) is 0 Å². The smallest absolute Gasteiger partial charge is 0.211 e. The molecule has 2 N–H and O–H groups in total. The Labute approximate surface area is 196 Å². The van der Waals surface area contributed by atoms with E-state index < -0.39 is 0 Å². The molecular weight excluding hydrogens is 424 g/mol. The fourth-order valence-electron chi connectivity index (χ4n) is 5.60. The molecule has 168 valence electrons. The number of nitrogens with one attached hydrogen (secondary N) is 2. The molecule has 2 bridgehead atoms. The predicted molar refractivity (Wildman–Crippen MR) is 135 cm³/mol. The van der Waals surface area contributed by atoms with Crippen LogP contribution in [0.25, 0.3) is 0 Å². The molecule has 0 aromatic heterocycles. The van der Waals surface area contributed by atoms with Gasteiger partial charge in [0, 0.05) is 10.6 Å². The number of hydrogen-bond donors (Lipinski definition) is 2. The molecule has 0 spiro atoms. The van der Waals surface area contributed by atoms with Gasteiger partial charge >= 0.3 is 0 Å². The molecule has 2 aliphatic rings. The van der Waals surface area contributed by atoms with Crippen molar-refractivity contribution >= 4 is 41.3 Å². The van der Waals surface area contributed by atoms with Gasteiger partial charge in [-0.2, -0.15) is 0 Å².